The second-order valence-electron chi connectivity index (χ2n) is 3.28. The summed E-state index contributed by atoms with van der Waals surface area (Å²) in [7, 11) is 1.65. The van der Waals surface area contributed by atoms with Crippen molar-refractivity contribution in [1.82, 2.24) is 9.97 Å². The molecule has 5 heteroatoms. The lowest BCUT2D eigenvalue weighted by molar-refractivity contribution is 0.415. The van der Waals surface area contributed by atoms with Crippen molar-refractivity contribution >= 4 is 21.6 Å². The smallest absolute Gasteiger partial charge is 0.121 e. The first kappa shape index (κ1) is 11.0. The van der Waals surface area contributed by atoms with Gasteiger partial charge in [-0.2, -0.15) is 0 Å². The van der Waals surface area contributed by atoms with Gasteiger partial charge in [0, 0.05) is 16.7 Å². The summed E-state index contributed by atoms with van der Waals surface area (Å²) >= 11 is 3.48. The summed E-state index contributed by atoms with van der Waals surface area (Å²) in [6.07, 6.45) is 3.46. The predicted molar refractivity (Wildman–Crippen MR) is 66.6 cm³/mol. The fraction of sp³-hybridized carbons (Fsp3) is 0.182. The van der Waals surface area contributed by atoms with Crippen LogP contribution in [0.25, 0.3) is 0 Å². The van der Waals surface area contributed by atoms with Gasteiger partial charge in [-0.15, -0.1) is 0 Å². The number of anilines is 1. The molecule has 2 aromatic rings. The van der Waals surface area contributed by atoms with E-state index in [0.717, 1.165) is 21.6 Å². The molecule has 16 heavy (non-hydrogen) atoms. The number of nitrogens with zero attached hydrogens (tertiary/aromatic N) is 1. The topological polar surface area (TPSA) is 49.9 Å². The molecule has 2 rings (SSSR count). The Labute approximate surface area is 102 Å². The summed E-state index contributed by atoms with van der Waals surface area (Å²) in [6.45, 7) is 0.700. The minimum atomic E-state index is 0.700. The lowest BCUT2D eigenvalue weighted by Gasteiger charge is -2.09. The summed E-state index contributed by atoms with van der Waals surface area (Å²) in [5.41, 5.74) is 2.03. The molecule has 84 valence electrons. The Morgan fingerprint density at radius 1 is 1.50 bits per heavy atom. The van der Waals surface area contributed by atoms with Gasteiger partial charge >= 0.3 is 0 Å². The second kappa shape index (κ2) is 5.03. The number of methoxy groups -OCH3 is 1. The monoisotopic (exact) mass is 281 g/mol. The van der Waals surface area contributed by atoms with E-state index in [1.54, 1.807) is 19.6 Å². The van der Waals surface area contributed by atoms with Crippen molar-refractivity contribution in [3.8, 4) is 5.75 Å². The number of halogens is 1. The molecule has 4 nitrogen and oxygen atoms in total. The standard InChI is InChI=1S/C11H12BrN3O/c1-16-9-2-3-10(12)11(4-9)14-6-8-5-13-7-15-8/h2-5,7,14H,6H2,1H3,(H,13,15). The normalized spacial score (nSPS) is 10.1. The minimum Gasteiger partial charge on any atom is -0.497 e. The first-order valence-corrected chi connectivity index (χ1v) is 5.63. The summed E-state index contributed by atoms with van der Waals surface area (Å²) in [5, 5.41) is 3.29. The van der Waals surface area contributed by atoms with Gasteiger partial charge in [0.25, 0.3) is 0 Å². The SMILES string of the molecule is COc1ccc(Br)c(NCc2cnc[nH]2)c1. The van der Waals surface area contributed by atoms with Crippen LogP contribution in [0.3, 0.4) is 0 Å². The molecule has 1 aromatic carbocycles. The van der Waals surface area contributed by atoms with Crippen LogP contribution < -0.4 is 10.1 Å². The van der Waals surface area contributed by atoms with E-state index < -0.39 is 0 Å². The first-order chi connectivity index (χ1) is 7.79. The van der Waals surface area contributed by atoms with E-state index in [1.165, 1.54) is 0 Å². The van der Waals surface area contributed by atoms with E-state index in [1.807, 2.05) is 18.2 Å². The highest BCUT2D eigenvalue weighted by Gasteiger charge is 2.02. The molecule has 0 saturated carbocycles. The zero-order valence-corrected chi connectivity index (χ0v) is 10.4. The maximum absolute atomic E-state index is 5.17. The number of aromatic amines is 1. The number of imidazole rings is 1. The van der Waals surface area contributed by atoms with Gasteiger partial charge in [-0.3, -0.25) is 0 Å². The van der Waals surface area contributed by atoms with Crippen molar-refractivity contribution in [3.05, 3.63) is 40.9 Å². The summed E-state index contributed by atoms with van der Waals surface area (Å²) in [6, 6.07) is 5.81. The van der Waals surface area contributed by atoms with Crippen LogP contribution in [-0.4, -0.2) is 17.1 Å². The van der Waals surface area contributed by atoms with Gasteiger partial charge in [-0.25, -0.2) is 4.98 Å². The quantitative estimate of drug-likeness (QED) is 0.906. The Hall–Kier alpha value is -1.49. The van der Waals surface area contributed by atoms with E-state index in [0.29, 0.717) is 6.54 Å². The zero-order valence-electron chi connectivity index (χ0n) is 8.83. The van der Waals surface area contributed by atoms with Crippen molar-refractivity contribution in [2.24, 2.45) is 0 Å². The largest absolute Gasteiger partial charge is 0.497 e. The average Bonchev–Trinajstić information content (AvgIpc) is 2.81. The van der Waals surface area contributed by atoms with Crippen molar-refractivity contribution in [1.29, 1.82) is 0 Å². The molecule has 0 amide bonds. The molecule has 1 aromatic heterocycles. The van der Waals surface area contributed by atoms with Gasteiger partial charge in [-0.1, -0.05) is 0 Å². The van der Waals surface area contributed by atoms with E-state index in [2.05, 4.69) is 31.2 Å². The molecular weight excluding hydrogens is 270 g/mol. The van der Waals surface area contributed by atoms with Crippen LogP contribution in [0.15, 0.2) is 35.2 Å². The fourth-order valence-corrected chi connectivity index (χ4v) is 1.73. The van der Waals surface area contributed by atoms with Gasteiger partial charge in [0.15, 0.2) is 0 Å². The molecule has 0 aliphatic heterocycles. The third-order valence-electron chi connectivity index (χ3n) is 2.20. The fourth-order valence-electron chi connectivity index (χ4n) is 1.34. The Bertz CT molecular complexity index is 456. The van der Waals surface area contributed by atoms with E-state index in [-0.39, 0.29) is 0 Å². The molecular formula is C11H12BrN3O. The lowest BCUT2D eigenvalue weighted by Crippen LogP contribution is -2.00. The number of rotatable bonds is 4. The minimum absolute atomic E-state index is 0.700. The molecule has 0 saturated heterocycles. The Morgan fingerprint density at radius 3 is 3.06 bits per heavy atom. The molecule has 2 N–H and O–H groups in total. The molecule has 0 atom stereocenters. The average molecular weight is 282 g/mol. The van der Waals surface area contributed by atoms with Crippen LogP contribution in [0.2, 0.25) is 0 Å². The molecule has 0 aliphatic rings. The van der Waals surface area contributed by atoms with Crippen LogP contribution in [0.5, 0.6) is 5.75 Å². The van der Waals surface area contributed by atoms with Crippen molar-refractivity contribution in [3.63, 3.8) is 0 Å². The molecule has 0 radical (unpaired) electrons. The van der Waals surface area contributed by atoms with E-state index in [9.17, 15) is 0 Å². The third-order valence-corrected chi connectivity index (χ3v) is 2.89. The molecule has 0 fully saturated rings. The maximum atomic E-state index is 5.17. The number of hydrogen-bond donors (Lipinski definition) is 2. The van der Waals surface area contributed by atoms with Gasteiger partial charge < -0.3 is 15.0 Å². The van der Waals surface area contributed by atoms with Crippen LogP contribution in [0, 0.1) is 0 Å². The molecule has 0 aliphatic carbocycles. The van der Waals surface area contributed by atoms with Gasteiger partial charge in [-0.05, 0) is 28.1 Å². The molecule has 0 unspecified atom stereocenters. The van der Waals surface area contributed by atoms with Crippen molar-refractivity contribution < 1.29 is 4.74 Å². The Kier molecular flexibility index (Phi) is 3.46. The Morgan fingerprint density at radius 2 is 2.38 bits per heavy atom. The van der Waals surface area contributed by atoms with E-state index >= 15 is 0 Å². The van der Waals surface area contributed by atoms with Gasteiger partial charge in [0.2, 0.25) is 0 Å². The number of aromatic nitrogens is 2. The van der Waals surface area contributed by atoms with Gasteiger partial charge in [0.1, 0.15) is 5.75 Å². The number of nitrogens with one attached hydrogen (secondary N) is 2. The lowest BCUT2D eigenvalue weighted by atomic mass is 10.3. The van der Waals surface area contributed by atoms with Gasteiger partial charge in [0.05, 0.1) is 31.4 Å². The van der Waals surface area contributed by atoms with Crippen molar-refractivity contribution in [2.45, 2.75) is 6.54 Å². The first-order valence-electron chi connectivity index (χ1n) is 4.84. The molecule has 0 spiro atoms. The number of ether oxygens (including phenoxy) is 1. The highest BCUT2D eigenvalue weighted by atomic mass is 79.9. The van der Waals surface area contributed by atoms with Crippen LogP contribution in [0.4, 0.5) is 5.69 Å². The highest BCUT2D eigenvalue weighted by Crippen LogP contribution is 2.27. The molecule has 1 heterocycles. The zero-order chi connectivity index (χ0) is 11.4. The molecule has 0 bridgehead atoms. The third kappa shape index (κ3) is 2.55. The second-order valence-corrected chi connectivity index (χ2v) is 4.13. The number of H-pyrrole nitrogens is 1. The van der Waals surface area contributed by atoms with Crippen molar-refractivity contribution in [2.75, 3.05) is 12.4 Å². The Balaban J connectivity index is 2.08. The maximum Gasteiger partial charge on any atom is 0.121 e. The summed E-state index contributed by atoms with van der Waals surface area (Å²) in [4.78, 5) is 6.99. The number of benzene rings is 1. The number of hydrogen-bond acceptors (Lipinski definition) is 3. The van der Waals surface area contributed by atoms with Crippen LogP contribution in [0.1, 0.15) is 5.69 Å². The highest BCUT2D eigenvalue weighted by molar-refractivity contribution is 9.10. The summed E-state index contributed by atoms with van der Waals surface area (Å²) < 4.78 is 6.17. The summed E-state index contributed by atoms with van der Waals surface area (Å²) in [5.74, 6) is 0.829. The van der Waals surface area contributed by atoms with E-state index in [4.69, 9.17) is 4.74 Å². The van der Waals surface area contributed by atoms with Crippen LogP contribution in [-0.2, 0) is 6.54 Å². The van der Waals surface area contributed by atoms with Crippen LogP contribution >= 0.6 is 15.9 Å². The predicted octanol–water partition coefficient (Wildman–Crippen LogP) is 2.79.